The van der Waals surface area contributed by atoms with E-state index in [2.05, 4.69) is 0 Å². The van der Waals surface area contributed by atoms with Gasteiger partial charge in [0.15, 0.2) is 0 Å². The van der Waals surface area contributed by atoms with E-state index in [0.29, 0.717) is 5.56 Å². The summed E-state index contributed by atoms with van der Waals surface area (Å²) in [4.78, 5) is 32.3. The minimum atomic E-state index is -2.52. The molecule has 0 saturated carbocycles. The summed E-state index contributed by atoms with van der Waals surface area (Å²) in [7, 11) is 0. The van der Waals surface area contributed by atoms with Crippen LogP contribution >= 0.6 is 0 Å². The van der Waals surface area contributed by atoms with Gasteiger partial charge in [-0.05, 0) is 5.56 Å². The first kappa shape index (κ1) is 30.2. The van der Waals surface area contributed by atoms with E-state index in [4.69, 9.17) is 4.74 Å². The molecule has 0 amide bonds. The molecule has 0 heterocycles. The first-order valence-corrected chi connectivity index (χ1v) is 5.65. The Hall–Kier alpha value is 2.50. The molecule has 0 saturated heterocycles. The van der Waals surface area contributed by atoms with Crippen molar-refractivity contribution in [3.8, 4) is 0 Å². The number of carbonyl (C=O) groups is 3. The summed E-state index contributed by atoms with van der Waals surface area (Å²) in [5, 5.41) is 32.3. The third kappa shape index (κ3) is 11.7. The Bertz CT molecular complexity index is 492. The number of carbonyl (C=O) groups excluding carboxylic acids is 3. The summed E-state index contributed by atoms with van der Waals surface area (Å²) in [5.41, 5.74) is -1.97. The molecule has 23 heavy (non-hydrogen) atoms. The van der Waals surface area contributed by atoms with E-state index in [-0.39, 0.29) is 161 Å². The average molecular weight is 397 g/mol. The van der Waals surface area contributed by atoms with Crippen molar-refractivity contribution >= 4 is 17.9 Å². The third-order valence-electron chi connectivity index (χ3n) is 2.59. The first-order valence-electron chi connectivity index (χ1n) is 5.65. The summed E-state index contributed by atoms with van der Waals surface area (Å²) in [6.45, 7) is -0.282. The largest absolute Gasteiger partial charge is 1.00 e. The van der Waals surface area contributed by atoms with Crippen LogP contribution in [-0.2, 0) is 25.7 Å². The molecule has 0 radical (unpaired) electrons. The molecule has 0 spiro atoms. The topological polar surface area (TPSA) is 130 Å². The molecule has 1 aromatic carbocycles. The molecule has 10 heteroatoms. The van der Waals surface area contributed by atoms with Gasteiger partial charge in [0.1, 0.15) is 5.60 Å². The normalized spacial score (nSPS) is 9.57. The second kappa shape index (κ2) is 15.5. The van der Waals surface area contributed by atoms with Crippen LogP contribution in [0.25, 0.3) is 0 Å². The number of ether oxygens (including phenoxy) is 1. The van der Waals surface area contributed by atoms with Crippen molar-refractivity contribution < 1.29 is 189 Å². The van der Waals surface area contributed by atoms with Crippen LogP contribution in [0.15, 0.2) is 30.3 Å². The summed E-state index contributed by atoms with van der Waals surface area (Å²) < 4.78 is 5.00. The zero-order valence-electron chi connectivity index (χ0n) is 13.4. The molecule has 108 valence electrons. The summed E-state index contributed by atoms with van der Waals surface area (Å²) in [6, 6.07) is 8.27. The maximum absolute atomic E-state index is 11.1. The summed E-state index contributed by atoms with van der Waals surface area (Å²) >= 11 is 0. The number of aliphatic carboxylic acids is 3. The van der Waals surface area contributed by atoms with Gasteiger partial charge in [-0.1, -0.05) is 30.3 Å². The van der Waals surface area contributed by atoms with E-state index in [1.807, 2.05) is 0 Å². The van der Waals surface area contributed by atoms with E-state index in [9.17, 15) is 29.7 Å². The number of benzene rings is 1. The molecule has 0 fully saturated rings. The molecule has 7 nitrogen and oxygen atoms in total. The summed E-state index contributed by atoms with van der Waals surface area (Å²) in [6.07, 6.45) is -2.29. The van der Waals surface area contributed by atoms with Gasteiger partial charge in [0.05, 0.1) is 12.6 Å². The third-order valence-corrected chi connectivity index (χ3v) is 2.59. The van der Waals surface area contributed by atoms with E-state index in [1.54, 1.807) is 30.3 Å². The van der Waals surface area contributed by atoms with Gasteiger partial charge in [-0.2, -0.15) is 0 Å². The van der Waals surface area contributed by atoms with E-state index in [1.165, 1.54) is 0 Å². The Morgan fingerprint density at radius 1 is 0.870 bits per heavy atom. The Morgan fingerprint density at radius 3 is 1.65 bits per heavy atom. The van der Waals surface area contributed by atoms with Gasteiger partial charge in [0, 0.05) is 24.8 Å². The number of carboxylic acids is 3. The predicted octanol–water partition coefficient (Wildman–Crippen LogP) is -12.0. The molecular formula is C13H11K3O7. The van der Waals surface area contributed by atoms with E-state index < -0.39 is 36.4 Å². The molecule has 0 aliphatic carbocycles. The maximum atomic E-state index is 11.1. The number of carboxylic acid groups (broad SMARTS) is 3. The van der Waals surface area contributed by atoms with Crippen LogP contribution in [-0.4, -0.2) is 23.5 Å². The zero-order chi connectivity index (χ0) is 15.2. The van der Waals surface area contributed by atoms with Gasteiger partial charge in [-0.3, -0.25) is 0 Å². The molecule has 0 aliphatic rings. The monoisotopic (exact) mass is 396 g/mol. The van der Waals surface area contributed by atoms with Gasteiger partial charge in [0.2, 0.25) is 0 Å². The molecule has 1 aromatic rings. The van der Waals surface area contributed by atoms with Crippen molar-refractivity contribution in [1.82, 2.24) is 0 Å². The predicted molar refractivity (Wildman–Crippen MR) is 58.2 cm³/mol. The molecule has 0 aromatic heterocycles. The Labute approximate surface area is 261 Å². The first-order chi connectivity index (χ1) is 9.35. The molecule has 1 rings (SSSR count). The van der Waals surface area contributed by atoms with Crippen LogP contribution in [0.1, 0.15) is 18.4 Å². The van der Waals surface area contributed by atoms with Gasteiger partial charge in [0.25, 0.3) is 0 Å². The second-order valence-electron chi connectivity index (χ2n) is 4.15. The van der Waals surface area contributed by atoms with Crippen molar-refractivity contribution in [3.63, 3.8) is 0 Å². The standard InChI is InChI=1S/C13H14O7.3K/c14-10(15)6-13(12(18)19,7-11(16)17)20-8-9-4-2-1-3-5-9;;;/h1-5H,6-8H2,(H,14,15)(H,16,17)(H,18,19);;;/q;3*+1/p-3. The van der Waals surface area contributed by atoms with Crippen molar-refractivity contribution in [2.75, 3.05) is 0 Å². The molecule has 0 unspecified atom stereocenters. The number of rotatable bonds is 8. The minimum absolute atomic E-state index is 0. The fraction of sp³-hybridized carbons (Fsp3) is 0.308. The van der Waals surface area contributed by atoms with Gasteiger partial charge in [-0.15, -0.1) is 0 Å². The fourth-order valence-corrected chi connectivity index (χ4v) is 1.63. The second-order valence-corrected chi connectivity index (χ2v) is 4.15. The van der Waals surface area contributed by atoms with E-state index in [0.717, 1.165) is 0 Å². The Balaban J connectivity index is -0.00000133. The van der Waals surface area contributed by atoms with Crippen molar-refractivity contribution in [1.29, 1.82) is 0 Å². The molecule has 0 bridgehead atoms. The minimum Gasteiger partial charge on any atom is -0.550 e. The van der Waals surface area contributed by atoms with Crippen LogP contribution in [0.5, 0.6) is 0 Å². The van der Waals surface area contributed by atoms with Crippen LogP contribution < -0.4 is 169 Å². The fourth-order valence-electron chi connectivity index (χ4n) is 1.63. The van der Waals surface area contributed by atoms with Crippen LogP contribution in [0.2, 0.25) is 0 Å². The van der Waals surface area contributed by atoms with Gasteiger partial charge in [-0.25, -0.2) is 0 Å². The van der Waals surface area contributed by atoms with Crippen molar-refractivity contribution in [3.05, 3.63) is 35.9 Å². The SMILES string of the molecule is O=C([O-])CC(CC(=O)[O-])(OCc1ccccc1)C(=O)[O-].[K+].[K+].[K+]. The Morgan fingerprint density at radius 2 is 1.30 bits per heavy atom. The van der Waals surface area contributed by atoms with Gasteiger partial charge >= 0.3 is 154 Å². The van der Waals surface area contributed by atoms with E-state index >= 15 is 0 Å². The van der Waals surface area contributed by atoms with Crippen LogP contribution in [0.3, 0.4) is 0 Å². The smallest absolute Gasteiger partial charge is 0.550 e. The summed E-state index contributed by atoms with van der Waals surface area (Å²) in [5.74, 6) is -5.46. The maximum Gasteiger partial charge on any atom is 1.00 e. The number of hydrogen-bond donors (Lipinski definition) is 0. The molecule has 0 atom stereocenters. The van der Waals surface area contributed by atoms with Crippen molar-refractivity contribution in [2.24, 2.45) is 0 Å². The molecule has 0 aliphatic heterocycles. The Kier molecular flexibility index (Phi) is 20.4. The molecular weight excluding hydrogens is 385 g/mol. The number of hydrogen-bond acceptors (Lipinski definition) is 7. The zero-order valence-corrected chi connectivity index (χ0v) is 22.7. The van der Waals surface area contributed by atoms with Crippen molar-refractivity contribution in [2.45, 2.75) is 25.0 Å². The quantitative estimate of drug-likeness (QED) is 0.399. The average Bonchev–Trinajstić information content (AvgIpc) is 2.35. The van der Waals surface area contributed by atoms with Crippen LogP contribution in [0.4, 0.5) is 0 Å². The van der Waals surface area contributed by atoms with Crippen LogP contribution in [0, 0.1) is 0 Å². The van der Waals surface area contributed by atoms with Gasteiger partial charge < -0.3 is 34.4 Å². The molecule has 0 N–H and O–H groups in total.